The summed E-state index contributed by atoms with van der Waals surface area (Å²) in [6.45, 7) is 3.24. The minimum atomic E-state index is -0.440. The number of nitrogens with one attached hydrogen (secondary N) is 1. The molecule has 2 aromatic carbocycles. The van der Waals surface area contributed by atoms with E-state index in [1.807, 2.05) is 0 Å². The van der Waals surface area contributed by atoms with E-state index in [4.69, 9.17) is 0 Å². The molecule has 144 valence electrons. The zero-order valence-corrected chi connectivity index (χ0v) is 16.5. The summed E-state index contributed by atoms with van der Waals surface area (Å²) in [4.78, 5) is 24.0. The summed E-state index contributed by atoms with van der Waals surface area (Å²) < 4.78 is 14.9. The Morgan fingerprint density at radius 1 is 1.14 bits per heavy atom. The number of rotatable bonds is 6. The predicted molar refractivity (Wildman–Crippen MR) is 107 cm³/mol. The van der Waals surface area contributed by atoms with Crippen LogP contribution in [0.5, 0.6) is 0 Å². The maximum atomic E-state index is 13.1. The topological polar surface area (TPSA) is 76.9 Å². The highest BCUT2D eigenvalue weighted by molar-refractivity contribution is 8.00. The molecular formula is C20H19FN4O2S. The standard InChI is InChI=1S/C20H19FN4O2S/c1-12(26)15-5-4-6-17(11-15)22-19(27)13(2)28-20-24-23-18(25(20)3)14-7-9-16(21)10-8-14/h4-11,13H,1-3H3,(H,22,27). The number of aromatic nitrogens is 3. The Bertz CT molecular complexity index is 1020. The van der Waals surface area contributed by atoms with E-state index in [1.54, 1.807) is 54.9 Å². The van der Waals surface area contributed by atoms with Gasteiger partial charge in [-0.25, -0.2) is 4.39 Å². The van der Waals surface area contributed by atoms with Gasteiger partial charge in [-0.2, -0.15) is 0 Å². The van der Waals surface area contributed by atoms with Gasteiger partial charge in [0.1, 0.15) is 5.82 Å². The Morgan fingerprint density at radius 2 is 1.86 bits per heavy atom. The Balaban J connectivity index is 1.70. The lowest BCUT2D eigenvalue weighted by Crippen LogP contribution is -2.23. The van der Waals surface area contributed by atoms with Gasteiger partial charge in [-0.3, -0.25) is 9.59 Å². The van der Waals surface area contributed by atoms with Crippen LogP contribution in [0.25, 0.3) is 11.4 Å². The number of anilines is 1. The number of carbonyl (C=O) groups excluding carboxylic acids is 2. The third-order valence-electron chi connectivity index (χ3n) is 4.13. The van der Waals surface area contributed by atoms with Gasteiger partial charge in [0.25, 0.3) is 0 Å². The monoisotopic (exact) mass is 398 g/mol. The van der Waals surface area contributed by atoms with Crippen LogP contribution in [-0.2, 0) is 11.8 Å². The minimum absolute atomic E-state index is 0.0640. The van der Waals surface area contributed by atoms with Crippen molar-refractivity contribution in [2.24, 2.45) is 7.05 Å². The van der Waals surface area contributed by atoms with Crippen molar-refractivity contribution in [3.05, 3.63) is 59.9 Å². The minimum Gasteiger partial charge on any atom is -0.325 e. The second-order valence-corrected chi connectivity index (χ2v) is 7.57. The molecule has 1 atom stereocenters. The van der Waals surface area contributed by atoms with Crippen LogP contribution in [0, 0.1) is 5.82 Å². The van der Waals surface area contributed by atoms with E-state index in [-0.39, 0.29) is 17.5 Å². The molecule has 0 aliphatic heterocycles. The van der Waals surface area contributed by atoms with Gasteiger partial charge in [0, 0.05) is 23.9 Å². The molecule has 0 fully saturated rings. The van der Waals surface area contributed by atoms with Gasteiger partial charge in [0.05, 0.1) is 5.25 Å². The van der Waals surface area contributed by atoms with Crippen molar-refractivity contribution in [1.82, 2.24) is 14.8 Å². The second kappa shape index (κ2) is 8.35. The molecule has 0 aliphatic rings. The zero-order valence-electron chi connectivity index (χ0n) is 15.6. The van der Waals surface area contributed by atoms with Crippen molar-refractivity contribution in [3.63, 3.8) is 0 Å². The summed E-state index contributed by atoms with van der Waals surface area (Å²) in [5, 5.41) is 11.2. The van der Waals surface area contributed by atoms with Crippen LogP contribution in [0.15, 0.2) is 53.7 Å². The molecule has 6 nitrogen and oxygen atoms in total. The zero-order chi connectivity index (χ0) is 20.3. The first-order chi connectivity index (χ1) is 13.3. The van der Waals surface area contributed by atoms with Crippen LogP contribution in [0.3, 0.4) is 0 Å². The molecular weight excluding hydrogens is 379 g/mol. The highest BCUT2D eigenvalue weighted by Gasteiger charge is 2.19. The Kier molecular flexibility index (Phi) is 5.89. The SMILES string of the molecule is CC(=O)c1cccc(NC(=O)C(C)Sc2nnc(-c3ccc(F)cc3)n2C)c1. The highest BCUT2D eigenvalue weighted by Crippen LogP contribution is 2.26. The van der Waals surface area contributed by atoms with E-state index < -0.39 is 5.25 Å². The van der Waals surface area contributed by atoms with Crippen molar-refractivity contribution in [3.8, 4) is 11.4 Å². The molecule has 28 heavy (non-hydrogen) atoms. The van der Waals surface area contributed by atoms with Gasteiger partial charge < -0.3 is 9.88 Å². The average Bonchev–Trinajstić information content (AvgIpc) is 3.03. The fourth-order valence-corrected chi connectivity index (χ4v) is 3.35. The fraction of sp³-hybridized carbons (Fsp3) is 0.200. The Morgan fingerprint density at radius 3 is 2.54 bits per heavy atom. The number of Topliss-reactive ketones (excluding diaryl/α,β-unsaturated/α-hetero) is 1. The van der Waals surface area contributed by atoms with Crippen molar-refractivity contribution < 1.29 is 14.0 Å². The molecule has 8 heteroatoms. The molecule has 1 N–H and O–H groups in total. The van der Waals surface area contributed by atoms with E-state index in [0.717, 1.165) is 5.56 Å². The molecule has 3 rings (SSSR count). The summed E-state index contributed by atoms with van der Waals surface area (Å²) in [7, 11) is 1.79. The van der Waals surface area contributed by atoms with Gasteiger partial charge in [-0.1, -0.05) is 23.9 Å². The van der Waals surface area contributed by atoms with Gasteiger partial charge in [0.2, 0.25) is 5.91 Å². The lowest BCUT2D eigenvalue weighted by atomic mass is 10.1. The van der Waals surface area contributed by atoms with Gasteiger partial charge in [-0.15, -0.1) is 10.2 Å². The number of benzene rings is 2. The Hall–Kier alpha value is -3.00. The molecule has 0 saturated heterocycles. The van der Waals surface area contributed by atoms with Crippen LogP contribution >= 0.6 is 11.8 Å². The van der Waals surface area contributed by atoms with Crippen LogP contribution in [-0.4, -0.2) is 31.7 Å². The maximum absolute atomic E-state index is 13.1. The quantitative estimate of drug-likeness (QED) is 0.503. The van der Waals surface area contributed by atoms with Crippen LogP contribution in [0.2, 0.25) is 0 Å². The molecule has 0 spiro atoms. The molecule has 0 radical (unpaired) electrons. The first kappa shape index (κ1) is 19.8. The first-order valence-electron chi connectivity index (χ1n) is 8.59. The van der Waals surface area contributed by atoms with Gasteiger partial charge >= 0.3 is 0 Å². The van der Waals surface area contributed by atoms with Crippen LogP contribution < -0.4 is 5.32 Å². The molecule has 0 saturated carbocycles. The lowest BCUT2D eigenvalue weighted by Gasteiger charge is -2.12. The maximum Gasteiger partial charge on any atom is 0.237 e. The van der Waals surface area contributed by atoms with Gasteiger partial charge in [0.15, 0.2) is 16.8 Å². The third kappa shape index (κ3) is 4.45. The van der Waals surface area contributed by atoms with Gasteiger partial charge in [-0.05, 0) is 50.2 Å². The molecule has 0 aliphatic carbocycles. The summed E-state index contributed by atoms with van der Waals surface area (Å²) >= 11 is 1.26. The third-order valence-corrected chi connectivity index (χ3v) is 5.26. The number of thioether (sulfide) groups is 1. The first-order valence-corrected chi connectivity index (χ1v) is 9.47. The number of nitrogens with zero attached hydrogens (tertiary/aromatic N) is 3. The summed E-state index contributed by atoms with van der Waals surface area (Å²) in [5.74, 6) is -0.00751. The van der Waals surface area contributed by atoms with E-state index in [1.165, 1.54) is 30.8 Å². The second-order valence-electron chi connectivity index (χ2n) is 6.26. The fourth-order valence-electron chi connectivity index (χ4n) is 2.54. The predicted octanol–water partition coefficient (Wildman–Crippen LogP) is 3.94. The molecule has 3 aromatic rings. The summed E-state index contributed by atoms with van der Waals surface area (Å²) in [6.07, 6.45) is 0. The van der Waals surface area contributed by atoms with Crippen molar-refractivity contribution in [2.45, 2.75) is 24.3 Å². The highest BCUT2D eigenvalue weighted by atomic mass is 32.2. The average molecular weight is 398 g/mol. The molecule has 1 amide bonds. The number of ketones is 1. The molecule has 1 heterocycles. The molecule has 1 aromatic heterocycles. The largest absolute Gasteiger partial charge is 0.325 e. The van der Waals surface area contributed by atoms with E-state index >= 15 is 0 Å². The summed E-state index contributed by atoms with van der Waals surface area (Å²) in [5.41, 5.74) is 1.84. The van der Waals surface area contributed by atoms with E-state index in [2.05, 4.69) is 15.5 Å². The normalized spacial score (nSPS) is 11.9. The van der Waals surface area contributed by atoms with Crippen molar-refractivity contribution in [2.75, 3.05) is 5.32 Å². The lowest BCUT2D eigenvalue weighted by molar-refractivity contribution is -0.115. The smallest absolute Gasteiger partial charge is 0.237 e. The van der Waals surface area contributed by atoms with E-state index in [9.17, 15) is 14.0 Å². The number of hydrogen-bond acceptors (Lipinski definition) is 5. The number of amides is 1. The number of halogens is 1. The summed E-state index contributed by atoms with van der Waals surface area (Å²) in [6, 6.07) is 12.8. The van der Waals surface area contributed by atoms with Crippen LogP contribution in [0.4, 0.5) is 10.1 Å². The molecule has 1 unspecified atom stereocenters. The van der Waals surface area contributed by atoms with Crippen molar-refractivity contribution in [1.29, 1.82) is 0 Å². The number of hydrogen-bond donors (Lipinski definition) is 1. The van der Waals surface area contributed by atoms with Crippen molar-refractivity contribution >= 4 is 29.1 Å². The molecule has 0 bridgehead atoms. The van der Waals surface area contributed by atoms with Crippen LogP contribution in [0.1, 0.15) is 24.2 Å². The number of carbonyl (C=O) groups is 2. The van der Waals surface area contributed by atoms with E-state index in [0.29, 0.717) is 22.2 Å². The Labute approximate surface area is 166 Å².